The summed E-state index contributed by atoms with van der Waals surface area (Å²) in [5.41, 5.74) is 2.64. The van der Waals surface area contributed by atoms with Crippen LogP contribution in [-0.4, -0.2) is 20.1 Å². The maximum Gasteiger partial charge on any atom is 0.0526 e. The van der Waals surface area contributed by atoms with Crippen LogP contribution in [0.25, 0.3) is 0 Å². The van der Waals surface area contributed by atoms with Gasteiger partial charge in [0.2, 0.25) is 0 Å². The van der Waals surface area contributed by atoms with Gasteiger partial charge in [0.15, 0.2) is 0 Å². The molecule has 0 atom stereocenters. The van der Waals surface area contributed by atoms with Crippen LogP contribution in [0.5, 0.6) is 0 Å². The van der Waals surface area contributed by atoms with Crippen molar-refractivity contribution in [3.8, 4) is 0 Å². The topological polar surface area (TPSA) is 15.3 Å². The molecule has 2 aromatic rings. The Hall–Kier alpha value is -1.16. The maximum atomic E-state index is 6.22. The minimum absolute atomic E-state index is 0.805. The number of nitrogens with zero attached hydrogens (tertiary/aromatic N) is 1. The van der Waals surface area contributed by atoms with E-state index >= 15 is 0 Å². The molecule has 0 unspecified atom stereocenters. The highest BCUT2D eigenvalue weighted by Crippen LogP contribution is 2.42. The second-order valence-corrected chi connectivity index (χ2v) is 6.72. The van der Waals surface area contributed by atoms with Crippen LogP contribution in [0.2, 0.25) is 5.02 Å². The van der Waals surface area contributed by atoms with Gasteiger partial charge < -0.3 is 10.2 Å². The Morgan fingerprint density at radius 3 is 2.90 bits per heavy atom. The quantitative estimate of drug-likeness (QED) is 0.840. The van der Waals surface area contributed by atoms with Crippen molar-refractivity contribution < 1.29 is 0 Å². The average molecular weight is 319 g/mol. The number of anilines is 1. The Morgan fingerprint density at radius 2 is 2.05 bits per heavy atom. The fraction of sp³-hybridized carbons (Fsp3) is 0.294. The first-order chi connectivity index (χ1) is 10.3. The second-order valence-electron chi connectivity index (χ2n) is 5.20. The summed E-state index contributed by atoms with van der Waals surface area (Å²) in [6.07, 6.45) is 1.12. The average Bonchev–Trinajstić information content (AvgIpc) is 2.64. The highest BCUT2D eigenvalue weighted by Gasteiger charge is 2.19. The predicted molar refractivity (Wildman–Crippen MR) is 91.6 cm³/mol. The van der Waals surface area contributed by atoms with Crippen LogP contribution < -0.4 is 10.2 Å². The van der Waals surface area contributed by atoms with Gasteiger partial charge in [-0.05, 0) is 49.8 Å². The number of halogens is 1. The molecule has 0 spiro atoms. The first-order valence-electron chi connectivity index (χ1n) is 7.23. The van der Waals surface area contributed by atoms with Gasteiger partial charge in [0.1, 0.15) is 0 Å². The largest absolute Gasteiger partial charge is 0.366 e. The van der Waals surface area contributed by atoms with Gasteiger partial charge in [-0.1, -0.05) is 41.6 Å². The van der Waals surface area contributed by atoms with Crippen LogP contribution in [0, 0.1) is 0 Å². The zero-order valence-corrected chi connectivity index (χ0v) is 13.7. The lowest BCUT2D eigenvalue weighted by atomic mass is 10.2. The van der Waals surface area contributed by atoms with Crippen molar-refractivity contribution in [1.82, 2.24) is 5.32 Å². The molecule has 1 heterocycles. The summed E-state index contributed by atoms with van der Waals surface area (Å²) >= 11 is 8.06. The van der Waals surface area contributed by atoms with Gasteiger partial charge in [0.25, 0.3) is 0 Å². The Labute approximate surface area is 135 Å². The molecular formula is C17H19ClN2S. The van der Waals surface area contributed by atoms with Crippen LogP contribution in [0.3, 0.4) is 0 Å². The second kappa shape index (κ2) is 6.73. The van der Waals surface area contributed by atoms with Crippen LogP contribution in [0.15, 0.2) is 52.3 Å². The first kappa shape index (κ1) is 14.8. The smallest absolute Gasteiger partial charge is 0.0526 e. The van der Waals surface area contributed by atoms with Gasteiger partial charge in [-0.3, -0.25) is 0 Å². The molecule has 0 amide bonds. The number of fused-ring (bicyclic) bond motifs is 2. The van der Waals surface area contributed by atoms with Gasteiger partial charge in [-0.2, -0.15) is 0 Å². The summed E-state index contributed by atoms with van der Waals surface area (Å²) < 4.78 is 0. The molecule has 3 rings (SSSR count). The Morgan fingerprint density at radius 1 is 1.19 bits per heavy atom. The monoisotopic (exact) mass is 318 g/mol. The minimum Gasteiger partial charge on any atom is -0.366 e. The van der Waals surface area contributed by atoms with E-state index in [4.69, 9.17) is 11.6 Å². The molecule has 0 bridgehead atoms. The molecule has 0 radical (unpaired) electrons. The van der Waals surface area contributed by atoms with E-state index in [2.05, 4.69) is 46.6 Å². The lowest BCUT2D eigenvalue weighted by Crippen LogP contribution is -2.26. The van der Waals surface area contributed by atoms with E-state index in [1.165, 1.54) is 21.0 Å². The molecule has 21 heavy (non-hydrogen) atoms. The molecule has 2 nitrogen and oxygen atoms in total. The highest BCUT2D eigenvalue weighted by atomic mass is 35.5. The maximum absolute atomic E-state index is 6.22. The molecule has 4 heteroatoms. The van der Waals surface area contributed by atoms with Gasteiger partial charge in [0, 0.05) is 27.9 Å². The summed E-state index contributed by atoms with van der Waals surface area (Å²) in [6.45, 7) is 3.00. The van der Waals surface area contributed by atoms with Crippen LogP contribution in [-0.2, 0) is 6.54 Å². The molecule has 1 aliphatic rings. The Balaban J connectivity index is 1.96. The van der Waals surface area contributed by atoms with Crippen molar-refractivity contribution >= 4 is 29.1 Å². The van der Waals surface area contributed by atoms with Crippen molar-refractivity contribution in [2.45, 2.75) is 22.8 Å². The van der Waals surface area contributed by atoms with Gasteiger partial charge in [-0.25, -0.2) is 0 Å². The normalized spacial score (nSPS) is 13.5. The number of nitrogens with one attached hydrogen (secondary N) is 1. The van der Waals surface area contributed by atoms with Crippen LogP contribution >= 0.6 is 23.4 Å². The van der Waals surface area contributed by atoms with Crippen molar-refractivity contribution in [2.24, 2.45) is 0 Å². The zero-order valence-electron chi connectivity index (χ0n) is 12.1. The molecule has 0 fully saturated rings. The van der Waals surface area contributed by atoms with Crippen LogP contribution in [0.1, 0.15) is 12.0 Å². The molecule has 110 valence electrons. The van der Waals surface area contributed by atoms with E-state index in [1.807, 2.05) is 24.9 Å². The van der Waals surface area contributed by atoms with Gasteiger partial charge >= 0.3 is 0 Å². The Bertz CT molecular complexity index is 630. The molecule has 0 aliphatic carbocycles. The minimum atomic E-state index is 0.805. The van der Waals surface area contributed by atoms with E-state index < -0.39 is 0 Å². The molecule has 0 saturated carbocycles. The number of rotatable bonds is 4. The summed E-state index contributed by atoms with van der Waals surface area (Å²) in [4.78, 5) is 5.07. The molecule has 2 aromatic carbocycles. The lowest BCUT2D eigenvalue weighted by molar-refractivity contribution is 0.679. The fourth-order valence-corrected chi connectivity index (χ4v) is 3.86. The van der Waals surface area contributed by atoms with Gasteiger partial charge in [0.05, 0.1) is 5.69 Å². The standard InChI is InChI=1S/C17H19ClN2S/c1-19-9-4-10-20-12-13-5-2-3-6-16(13)21-17-8-7-14(18)11-15(17)20/h2-3,5-8,11,19H,4,9-10,12H2,1H3. The van der Waals surface area contributed by atoms with Crippen molar-refractivity contribution in [3.63, 3.8) is 0 Å². The third-order valence-corrected chi connectivity index (χ3v) is 5.09. The van der Waals surface area contributed by atoms with Crippen molar-refractivity contribution in [2.75, 3.05) is 25.0 Å². The highest BCUT2D eigenvalue weighted by molar-refractivity contribution is 7.99. The predicted octanol–water partition coefficient (Wildman–Crippen LogP) is 4.42. The SMILES string of the molecule is CNCCCN1Cc2ccccc2Sc2ccc(Cl)cc21. The summed E-state index contributed by atoms with van der Waals surface area (Å²) in [6, 6.07) is 14.9. The lowest BCUT2D eigenvalue weighted by Gasteiger charge is -2.25. The van der Waals surface area contributed by atoms with E-state index in [0.29, 0.717) is 0 Å². The third-order valence-electron chi connectivity index (χ3n) is 3.67. The van der Waals surface area contributed by atoms with E-state index in [1.54, 1.807) is 0 Å². The summed E-state index contributed by atoms with van der Waals surface area (Å²) in [5, 5.41) is 4.02. The fourth-order valence-electron chi connectivity index (χ4n) is 2.61. The Kier molecular flexibility index (Phi) is 4.73. The summed E-state index contributed by atoms with van der Waals surface area (Å²) in [5.74, 6) is 0. The molecular weight excluding hydrogens is 300 g/mol. The van der Waals surface area contributed by atoms with E-state index in [-0.39, 0.29) is 0 Å². The number of benzene rings is 2. The summed E-state index contributed by atoms with van der Waals surface area (Å²) in [7, 11) is 2.00. The van der Waals surface area contributed by atoms with E-state index in [0.717, 1.165) is 31.1 Å². The molecule has 0 saturated heterocycles. The molecule has 1 N–H and O–H groups in total. The zero-order chi connectivity index (χ0) is 14.7. The van der Waals surface area contributed by atoms with Crippen molar-refractivity contribution in [1.29, 1.82) is 0 Å². The molecule has 0 aromatic heterocycles. The van der Waals surface area contributed by atoms with Crippen molar-refractivity contribution in [3.05, 3.63) is 53.1 Å². The van der Waals surface area contributed by atoms with Gasteiger partial charge in [-0.15, -0.1) is 0 Å². The van der Waals surface area contributed by atoms with Crippen LogP contribution in [0.4, 0.5) is 5.69 Å². The molecule has 1 aliphatic heterocycles. The first-order valence-corrected chi connectivity index (χ1v) is 8.42. The van der Waals surface area contributed by atoms with E-state index in [9.17, 15) is 0 Å². The third kappa shape index (κ3) is 3.37. The number of hydrogen-bond donors (Lipinski definition) is 1. The number of hydrogen-bond acceptors (Lipinski definition) is 3.